The van der Waals surface area contributed by atoms with Gasteiger partial charge in [-0.1, -0.05) is 67.0 Å². The van der Waals surface area contributed by atoms with Crippen LogP contribution in [0.2, 0.25) is 0 Å². The summed E-state index contributed by atoms with van der Waals surface area (Å²) in [7, 11) is 0. The summed E-state index contributed by atoms with van der Waals surface area (Å²) in [5.74, 6) is 2.17. The van der Waals surface area contributed by atoms with E-state index in [0.717, 1.165) is 33.6 Å². The van der Waals surface area contributed by atoms with E-state index < -0.39 is 0 Å². The molecule has 1 aromatic rings. The maximum absolute atomic E-state index is 13.3. The highest BCUT2D eigenvalue weighted by atomic mass is 79.9. The molecule has 0 bridgehead atoms. The van der Waals surface area contributed by atoms with Crippen LogP contribution in [0.4, 0.5) is 0 Å². The van der Waals surface area contributed by atoms with Crippen molar-refractivity contribution in [3.63, 3.8) is 0 Å². The Balaban J connectivity index is 1.62. The zero-order valence-electron chi connectivity index (χ0n) is 19.2. The summed E-state index contributed by atoms with van der Waals surface area (Å²) in [6.07, 6.45) is 6.97. The summed E-state index contributed by atoms with van der Waals surface area (Å²) in [5, 5.41) is 12.3. The van der Waals surface area contributed by atoms with Crippen molar-refractivity contribution in [1.29, 1.82) is 0 Å². The standard InChI is InChI=1S/C25H31BrN4OS/c1-5-32-24-28-23(31)21-18-12-16(26)8-9-20(18)27-22(30(21)29-24)17-13-19-15(11-14(17)2)7-6-10-25(19,3)4/h7-9,12,14,17,19,22H,5-6,10-11,13H2,1-4H3,(H,28,29,31)/t14-,17-,19-,22+/m1/s1. The lowest BCUT2D eigenvalue weighted by Gasteiger charge is -2.49. The monoisotopic (exact) mass is 514 g/mol. The van der Waals surface area contributed by atoms with Crippen molar-refractivity contribution in [2.75, 3.05) is 5.75 Å². The fraction of sp³-hybridized carbons (Fsp3) is 0.560. The molecule has 1 N–H and O–H groups in total. The third-order valence-corrected chi connectivity index (χ3v) is 8.88. The van der Waals surface area contributed by atoms with E-state index in [1.807, 2.05) is 23.2 Å². The summed E-state index contributed by atoms with van der Waals surface area (Å²) in [6, 6.07) is 6.01. The van der Waals surface area contributed by atoms with Crippen LogP contribution in [0.1, 0.15) is 53.4 Å². The molecule has 5 nitrogen and oxygen atoms in total. The van der Waals surface area contributed by atoms with Crippen molar-refractivity contribution in [2.24, 2.45) is 33.3 Å². The minimum absolute atomic E-state index is 0.0859. The number of allylic oxidation sites excluding steroid dienone is 2. The molecule has 2 heterocycles. The van der Waals surface area contributed by atoms with E-state index in [9.17, 15) is 4.79 Å². The SMILES string of the molecule is CCSC1=NN2C(=c3cc(Br)ccc3=N[C@@H]2[C@@H]2C[C@@H]3C(=CCCC3(C)C)C[C@H]2C)C(=O)N1. The minimum atomic E-state index is -0.161. The van der Waals surface area contributed by atoms with Gasteiger partial charge < -0.3 is 0 Å². The molecule has 32 heavy (non-hydrogen) atoms. The van der Waals surface area contributed by atoms with Gasteiger partial charge in [-0.15, -0.1) is 5.10 Å². The van der Waals surface area contributed by atoms with Gasteiger partial charge in [0.25, 0.3) is 5.91 Å². The molecule has 0 unspecified atom stereocenters. The molecule has 2 aliphatic heterocycles. The summed E-state index contributed by atoms with van der Waals surface area (Å²) in [6.45, 7) is 9.27. The fourth-order valence-corrected chi connectivity index (χ4v) is 6.89. The van der Waals surface area contributed by atoms with Gasteiger partial charge in [-0.05, 0) is 66.9 Å². The maximum Gasteiger partial charge on any atom is 0.276 e. The minimum Gasteiger partial charge on any atom is -0.298 e. The first-order valence-corrected chi connectivity index (χ1v) is 13.4. The smallest absolute Gasteiger partial charge is 0.276 e. The molecular formula is C25H31BrN4OS. The van der Waals surface area contributed by atoms with Crippen LogP contribution in [0.3, 0.4) is 0 Å². The second-order valence-electron chi connectivity index (χ2n) is 10.1. The van der Waals surface area contributed by atoms with Crippen molar-refractivity contribution in [3.8, 4) is 0 Å². The summed E-state index contributed by atoms with van der Waals surface area (Å²) >= 11 is 5.13. The fourth-order valence-electron chi connectivity index (χ4n) is 5.94. The lowest BCUT2D eigenvalue weighted by Crippen LogP contribution is -2.56. The second-order valence-corrected chi connectivity index (χ2v) is 12.3. The van der Waals surface area contributed by atoms with E-state index in [0.29, 0.717) is 34.0 Å². The predicted octanol–water partition coefficient (Wildman–Crippen LogP) is 4.38. The van der Waals surface area contributed by atoms with Crippen LogP contribution >= 0.6 is 27.7 Å². The van der Waals surface area contributed by atoms with E-state index in [2.05, 4.69) is 55.0 Å². The highest BCUT2D eigenvalue weighted by Crippen LogP contribution is 2.52. The van der Waals surface area contributed by atoms with Gasteiger partial charge in [0.1, 0.15) is 11.9 Å². The Morgan fingerprint density at radius 1 is 1.34 bits per heavy atom. The maximum atomic E-state index is 13.3. The molecular weight excluding hydrogens is 484 g/mol. The van der Waals surface area contributed by atoms with Gasteiger partial charge in [0.05, 0.1) is 5.36 Å². The van der Waals surface area contributed by atoms with Gasteiger partial charge in [0, 0.05) is 15.6 Å². The Kier molecular flexibility index (Phi) is 5.77. The number of carbonyl (C=O) groups excluding carboxylic acids is 1. The van der Waals surface area contributed by atoms with Crippen molar-refractivity contribution >= 4 is 44.5 Å². The topological polar surface area (TPSA) is 57.1 Å². The van der Waals surface area contributed by atoms with Gasteiger partial charge in [-0.2, -0.15) is 0 Å². The number of amidine groups is 1. The first-order valence-electron chi connectivity index (χ1n) is 11.7. The molecule has 0 saturated heterocycles. The van der Waals surface area contributed by atoms with Gasteiger partial charge in [0.2, 0.25) is 0 Å². The average Bonchev–Trinajstić information content (AvgIpc) is 2.73. The number of fused-ring (bicyclic) bond motifs is 3. The highest BCUT2D eigenvalue weighted by Gasteiger charge is 2.46. The lowest BCUT2D eigenvalue weighted by atomic mass is 9.58. The molecule has 0 spiro atoms. The van der Waals surface area contributed by atoms with Crippen LogP contribution in [0.25, 0.3) is 5.70 Å². The number of thioether (sulfide) groups is 1. The molecule has 1 fully saturated rings. The number of rotatable bonds is 2. The Bertz CT molecular complexity index is 1140. The molecule has 4 atom stereocenters. The number of carbonyl (C=O) groups is 1. The second kappa shape index (κ2) is 8.32. The molecule has 7 heteroatoms. The Hall–Kier alpha value is -1.60. The van der Waals surface area contributed by atoms with Gasteiger partial charge >= 0.3 is 0 Å². The van der Waals surface area contributed by atoms with Gasteiger partial charge in [-0.25, -0.2) is 5.01 Å². The molecule has 0 radical (unpaired) electrons. The molecule has 1 amide bonds. The average molecular weight is 516 g/mol. The van der Waals surface area contributed by atoms with Crippen LogP contribution in [0.5, 0.6) is 0 Å². The van der Waals surface area contributed by atoms with E-state index in [1.165, 1.54) is 12.8 Å². The number of nitrogens with zero attached hydrogens (tertiary/aromatic N) is 3. The van der Waals surface area contributed by atoms with Crippen molar-refractivity contribution in [1.82, 2.24) is 10.3 Å². The third kappa shape index (κ3) is 3.75. The summed E-state index contributed by atoms with van der Waals surface area (Å²) in [5.41, 5.74) is 2.56. The number of halogens is 1. The molecule has 0 aromatic heterocycles. The third-order valence-electron chi connectivity index (χ3n) is 7.65. The van der Waals surface area contributed by atoms with Crippen LogP contribution < -0.4 is 15.9 Å². The molecule has 170 valence electrons. The van der Waals surface area contributed by atoms with Crippen LogP contribution in [-0.2, 0) is 4.79 Å². The predicted molar refractivity (Wildman–Crippen MR) is 134 cm³/mol. The van der Waals surface area contributed by atoms with Gasteiger partial charge in [-0.3, -0.25) is 15.1 Å². The number of benzene rings is 1. The molecule has 1 aromatic carbocycles. The quantitative estimate of drug-likeness (QED) is 0.595. The van der Waals surface area contributed by atoms with E-state index in [-0.39, 0.29) is 12.1 Å². The van der Waals surface area contributed by atoms with Gasteiger partial charge in [0.15, 0.2) is 5.17 Å². The van der Waals surface area contributed by atoms with Crippen LogP contribution in [-0.4, -0.2) is 28.0 Å². The number of hydrazone groups is 1. The molecule has 5 rings (SSSR count). The molecule has 2 aliphatic carbocycles. The first kappa shape index (κ1) is 22.2. The van der Waals surface area contributed by atoms with Crippen molar-refractivity contribution in [3.05, 3.63) is 44.9 Å². The Morgan fingerprint density at radius 2 is 2.16 bits per heavy atom. The zero-order valence-corrected chi connectivity index (χ0v) is 21.6. The zero-order chi connectivity index (χ0) is 22.6. The first-order chi connectivity index (χ1) is 15.3. The van der Waals surface area contributed by atoms with Crippen LogP contribution in [0, 0.1) is 23.2 Å². The molecule has 1 saturated carbocycles. The van der Waals surface area contributed by atoms with Crippen LogP contribution in [0.15, 0.2) is 44.4 Å². The van der Waals surface area contributed by atoms with E-state index in [1.54, 1.807) is 17.3 Å². The van der Waals surface area contributed by atoms with E-state index >= 15 is 0 Å². The van der Waals surface area contributed by atoms with Crippen molar-refractivity contribution < 1.29 is 4.79 Å². The Labute approximate surface area is 202 Å². The normalized spacial score (nSPS) is 30.8. The summed E-state index contributed by atoms with van der Waals surface area (Å²) < 4.78 is 0.938. The van der Waals surface area contributed by atoms with Crippen molar-refractivity contribution in [2.45, 2.75) is 59.5 Å². The van der Waals surface area contributed by atoms with E-state index in [4.69, 9.17) is 10.1 Å². The lowest BCUT2D eigenvalue weighted by molar-refractivity contribution is -0.116. The largest absolute Gasteiger partial charge is 0.298 e. The summed E-state index contributed by atoms with van der Waals surface area (Å²) in [4.78, 5) is 18.5. The highest BCUT2D eigenvalue weighted by molar-refractivity contribution is 9.10. The number of nitrogens with one attached hydrogen (secondary N) is 1. The number of hydrogen-bond acceptors (Lipinski definition) is 5. The number of amides is 1. The number of hydrogen-bond donors (Lipinski definition) is 1. The molecule has 4 aliphatic rings. The Morgan fingerprint density at radius 3 is 2.94 bits per heavy atom.